The van der Waals surface area contributed by atoms with E-state index < -0.39 is 22.5 Å². The standard InChI is InChI=1S/C14H10F2N2O3/c1-8-2-4-10(7-13(8)18(20)21)17-14(19)9-3-5-11(15)12(16)6-9/h2-7H,1H3,(H,17,19). The summed E-state index contributed by atoms with van der Waals surface area (Å²) in [5.41, 5.74) is 0.420. The van der Waals surface area contributed by atoms with Crippen LogP contribution in [0.4, 0.5) is 20.2 Å². The van der Waals surface area contributed by atoms with Crippen LogP contribution in [-0.4, -0.2) is 10.8 Å². The van der Waals surface area contributed by atoms with Gasteiger partial charge < -0.3 is 5.32 Å². The molecule has 0 fully saturated rings. The van der Waals surface area contributed by atoms with Gasteiger partial charge in [-0.3, -0.25) is 14.9 Å². The fraction of sp³-hybridized carbons (Fsp3) is 0.0714. The first-order valence-corrected chi connectivity index (χ1v) is 5.90. The summed E-state index contributed by atoms with van der Waals surface area (Å²) in [5, 5.41) is 13.2. The van der Waals surface area contributed by atoms with Crippen molar-refractivity contribution in [3.05, 3.63) is 69.3 Å². The number of carbonyl (C=O) groups excluding carboxylic acids is 1. The van der Waals surface area contributed by atoms with Gasteiger partial charge in [-0.25, -0.2) is 8.78 Å². The number of amides is 1. The Hall–Kier alpha value is -2.83. The Bertz CT molecular complexity index is 732. The highest BCUT2D eigenvalue weighted by Gasteiger charge is 2.14. The summed E-state index contributed by atoms with van der Waals surface area (Å²) in [7, 11) is 0. The third kappa shape index (κ3) is 3.19. The summed E-state index contributed by atoms with van der Waals surface area (Å²) >= 11 is 0. The van der Waals surface area contributed by atoms with Crippen LogP contribution in [0.1, 0.15) is 15.9 Å². The van der Waals surface area contributed by atoms with Gasteiger partial charge in [-0.2, -0.15) is 0 Å². The van der Waals surface area contributed by atoms with Crippen LogP contribution in [0.25, 0.3) is 0 Å². The normalized spacial score (nSPS) is 10.2. The minimum absolute atomic E-state index is 0.0860. The average molecular weight is 292 g/mol. The van der Waals surface area contributed by atoms with Crippen molar-refractivity contribution >= 4 is 17.3 Å². The number of hydrogen-bond acceptors (Lipinski definition) is 3. The Balaban J connectivity index is 2.25. The van der Waals surface area contributed by atoms with Crippen molar-refractivity contribution in [1.29, 1.82) is 0 Å². The molecule has 2 rings (SSSR count). The number of nitro groups is 1. The number of rotatable bonds is 3. The maximum absolute atomic E-state index is 13.1. The summed E-state index contributed by atoms with van der Waals surface area (Å²) in [6.45, 7) is 1.57. The first-order chi connectivity index (χ1) is 9.88. The average Bonchev–Trinajstić information content (AvgIpc) is 2.43. The molecule has 0 unspecified atom stereocenters. The molecule has 7 heteroatoms. The number of aryl methyl sites for hydroxylation is 1. The second-order valence-electron chi connectivity index (χ2n) is 4.34. The minimum Gasteiger partial charge on any atom is -0.322 e. The van der Waals surface area contributed by atoms with Gasteiger partial charge >= 0.3 is 0 Å². The highest BCUT2D eigenvalue weighted by atomic mass is 19.2. The maximum Gasteiger partial charge on any atom is 0.274 e. The molecule has 1 amide bonds. The van der Waals surface area contributed by atoms with Gasteiger partial charge in [0, 0.05) is 22.9 Å². The third-order valence-corrected chi connectivity index (χ3v) is 2.85. The molecule has 21 heavy (non-hydrogen) atoms. The Morgan fingerprint density at radius 1 is 1.14 bits per heavy atom. The van der Waals surface area contributed by atoms with E-state index in [0.29, 0.717) is 5.56 Å². The molecule has 0 saturated carbocycles. The van der Waals surface area contributed by atoms with E-state index >= 15 is 0 Å². The topological polar surface area (TPSA) is 72.2 Å². The molecular formula is C14H10F2N2O3. The van der Waals surface area contributed by atoms with Gasteiger partial charge in [0.25, 0.3) is 11.6 Å². The number of nitrogens with one attached hydrogen (secondary N) is 1. The van der Waals surface area contributed by atoms with Gasteiger partial charge in [0.05, 0.1) is 4.92 Å². The van der Waals surface area contributed by atoms with E-state index in [-0.39, 0.29) is 16.9 Å². The molecule has 0 bridgehead atoms. The van der Waals surface area contributed by atoms with Gasteiger partial charge in [0.15, 0.2) is 11.6 Å². The zero-order valence-electron chi connectivity index (χ0n) is 10.9. The first kappa shape index (κ1) is 14.6. The molecule has 0 radical (unpaired) electrons. The number of carbonyl (C=O) groups is 1. The molecular weight excluding hydrogens is 282 g/mol. The van der Waals surface area contributed by atoms with E-state index in [9.17, 15) is 23.7 Å². The zero-order valence-corrected chi connectivity index (χ0v) is 10.9. The smallest absolute Gasteiger partial charge is 0.274 e. The van der Waals surface area contributed by atoms with Gasteiger partial charge in [-0.15, -0.1) is 0 Å². The van der Waals surface area contributed by atoms with Crippen molar-refractivity contribution in [3.63, 3.8) is 0 Å². The van der Waals surface area contributed by atoms with Crippen LogP contribution in [0.3, 0.4) is 0 Å². The molecule has 0 spiro atoms. The van der Waals surface area contributed by atoms with E-state index in [2.05, 4.69) is 5.32 Å². The number of nitrogens with zero attached hydrogens (tertiary/aromatic N) is 1. The lowest BCUT2D eigenvalue weighted by Crippen LogP contribution is -2.12. The molecule has 108 valence electrons. The maximum atomic E-state index is 13.1. The summed E-state index contributed by atoms with van der Waals surface area (Å²) in [4.78, 5) is 22.1. The molecule has 0 aliphatic heterocycles. The molecule has 0 aromatic heterocycles. The van der Waals surface area contributed by atoms with Crippen molar-refractivity contribution < 1.29 is 18.5 Å². The van der Waals surface area contributed by atoms with Crippen molar-refractivity contribution in [1.82, 2.24) is 0 Å². The summed E-state index contributed by atoms with van der Waals surface area (Å²) in [6, 6.07) is 6.89. The fourth-order valence-corrected chi connectivity index (χ4v) is 1.72. The van der Waals surface area contributed by atoms with Crippen LogP contribution in [0.2, 0.25) is 0 Å². The lowest BCUT2D eigenvalue weighted by Gasteiger charge is -2.06. The van der Waals surface area contributed by atoms with E-state index in [1.165, 1.54) is 18.2 Å². The molecule has 5 nitrogen and oxygen atoms in total. The third-order valence-electron chi connectivity index (χ3n) is 2.85. The highest BCUT2D eigenvalue weighted by molar-refractivity contribution is 6.04. The Labute approximate surface area is 118 Å². The quantitative estimate of drug-likeness (QED) is 0.695. The van der Waals surface area contributed by atoms with Gasteiger partial charge in [0.2, 0.25) is 0 Å². The summed E-state index contributed by atoms with van der Waals surface area (Å²) in [6.07, 6.45) is 0. The van der Waals surface area contributed by atoms with Crippen LogP contribution in [0.5, 0.6) is 0 Å². The first-order valence-electron chi connectivity index (χ1n) is 5.90. The molecule has 0 aliphatic carbocycles. The Kier molecular flexibility index (Phi) is 3.93. The summed E-state index contributed by atoms with van der Waals surface area (Å²) < 4.78 is 25.9. The Morgan fingerprint density at radius 2 is 1.86 bits per heavy atom. The fourth-order valence-electron chi connectivity index (χ4n) is 1.72. The van der Waals surface area contributed by atoms with E-state index in [1.54, 1.807) is 6.92 Å². The second-order valence-corrected chi connectivity index (χ2v) is 4.34. The molecule has 0 aliphatic rings. The SMILES string of the molecule is Cc1ccc(NC(=O)c2ccc(F)c(F)c2)cc1[N+](=O)[O-]. The number of nitro benzene ring substituents is 1. The monoisotopic (exact) mass is 292 g/mol. The van der Waals surface area contributed by atoms with Crippen molar-refractivity contribution in [2.75, 3.05) is 5.32 Å². The lowest BCUT2D eigenvalue weighted by molar-refractivity contribution is -0.385. The highest BCUT2D eigenvalue weighted by Crippen LogP contribution is 2.22. The predicted molar refractivity (Wildman–Crippen MR) is 72.1 cm³/mol. The van der Waals surface area contributed by atoms with E-state index in [4.69, 9.17) is 0 Å². The largest absolute Gasteiger partial charge is 0.322 e. The number of anilines is 1. The molecule has 0 heterocycles. The summed E-state index contributed by atoms with van der Waals surface area (Å²) in [5.74, 6) is -2.89. The molecule has 1 N–H and O–H groups in total. The van der Waals surface area contributed by atoms with E-state index in [1.807, 2.05) is 0 Å². The predicted octanol–water partition coefficient (Wildman–Crippen LogP) is 3.43. The number of benzene rings is 2. The van der Waals surface area contributed by atoms with Crippen molar-refractivity contribution in [3.8, 4) is 0 Å². The molecule has 2 aromatic carbocycles. The zero-order chi connectivity index (χ0) is 15.6. The van der Waals surface area contributed by atoms with Crippen LogP contribution >= 0.6 is 0 Å². The van der Waals surface area contributed by atoms with Crippen LogP contribution < -0.4 is 5.32 Å². The van der Waals surface area contributed by atoms with Crippen molar-refractivity contribution in [2.45, 2.75) is 6.92 Å². The van der Waals surface area contributed by atoms with Crippen LogP contribution in [0.15, 0.2) is 36.4 Å². The molecule has 0 saturated heterocycles. The van der Waals surface area contributed by atoms with E-state index in [0.717, 1.165) is 18.2 Å². The Morgan fingerprint density at radius 3 is 2.48 bits per heavy atom. The van der Waals surface area contributed by atoms with Gasteiger partial charge in [-0.1, -0.05) is 6.07 Å². The van der Waals surface area contributed by atoms with Crippen LogP contribution in [-0.2, 0) is 0 Å². The van der Waals surface area contributed by atoms with Gasteiger partial charge in [-0.05, 0) is 31.2 Å². The van der Waals surface area contributed by atoms with Crippen molar-refractivity contribution in [2.24, 2.45) is 0 Å². The number of halogens is 2. The second kappa shape index (κ2) is 5.66. The van der Waals surface area contributed by atoms with Crippen LogP contribution in [0, 0.1) is 28.7 Å². The molecule has 2 aromatic rings. The molecule has 0 atom stereocenters. The lowest BCUT2D eigenvalue weighted by atomic mass is 10.1. The van der Waals surface area contributed by atoms with Gasteiger partial charge in [0.1, 0.15) is 0 Å². The number of hydrogen-bond donors (Lipinski definition) is 1. The minimum atomic E-state index is -1.14.